The molecule has 0 saturated heterocycles. The zero-order valence-corrected chi connectivity index (χ0v) is 12.4. The molecule has 0 bridgehead atoms. The van der Waals surface area contributed by atoms with Crippen molar-refractivity contribution in [3.05, 3.63) is 29.8 Å². The molecule has 0 aliphatic carbocycles. The molecule has 1 rings (SSSR count). The van der Waals surface area contributed by atoms with Crippen molar-refractivity contribution in [2.24, 2.45) is 10.4 Å². The van der Waals surface area contributed by atoms with E-state index in [1.165, 1.54) is 0 Å². The van der Waals surface area contributed by atoms with Crippen molar-refractivity contribution in [3.8, 4) is 5.75 Å². The number of ether oxygens (including phenoxy) is 1. The first-order valence-electron chi connectivity index (χ1n) is 6.41. The van der Waals surface area contributed by atoms with E-state index in [1.807, 2.05) is 30.5 Å². The molecule has 0 aliphatic heterocycles. The molecule has 2 heteroatoms. The van der Waals surface area contributed by atoms with Gasteiger partial charge in [-0.3, -0.25) is 4.99 Å². The van der Waals surface area contributed by atoms with E-state index < -0.39 is 0 Å². The predicted molar refractivity (Wildman–Crippen MR) is 78.7 cm³/mol. The molecule has 0 aliphatic rings. The van der Waals surface area contributed by atoms with Crippen LogP contribution in [0, 0.1) is 5.41 Å². The Labute approximate surface area is 111 Å². The highest BCUT2D eigenvalue weighted by Crippen LogP contribution is 2.29. The van der Waals surface area contributed by atoms with Crippen molar-refractivity contribution in [2.45, 2.75) is 46.6 Å². The lowest BCUT2D eigenvalue weighted by Gasteiger charge is -2.29. The van der Waals surface area contributed by atoms with E-state index in [0.29, 0.717) is 5.41 Å². The highest BCUT2D eigenvalue weighted by atomic mass is 16.5. The van der Waals surface area contributed by atoms with Gasteiger partial charge in [-0.05, 0) is 55.5 Å². The van der Waals surface area contributed by atoms with E-state index in [2.05, 4.69) is 34.6 Å². The molecule has 0 amide bonds. The highest BCUT2D eigenvalue weighted by molar-refractivity contribution is 5.80. The molecular weight excluding hydrogens is 222 g/mol. The molecule has 18 heavy (non-hydrogen) atoms. The van der Waals surface area contributed by atoms with Crippen molar-refractivity contribution in [2.75, 3.05) is 7.11 Å². The summed E-state index contributed by atoms with van der Waals surface area (Å²) in [5.74, 6) is 0.876. The number of methoxy groups -OCH3 is 1. The van der Waals surface area contributed by atoms with Crippen LogP contribution in [0.1, 0.15) is 46.6 Å². The van der Waals surface area contributed by atoms with Crippen LogP contribution < -0.4 is 4.74 Å². The minimum absolute atomic E-state index is 0.0296. The van der Waals surface area contributed by atoms with Gasteiger partial charge in [0.25, 0.3) is 0 Å². The summed E-state index contributed by atoms with van der Waals surface area (Å²) < 4.78 is 5.14. The second-order valence-corrected chi connectivity index (χ2v) is 6.58. The number of hydrogen-bond donors (Lipinski definition) is 0. The lowest BCUT2D eigenvalue weighted by molar-refractivity contribution is 0.289. The molecule has 0 N–H and O–H groups in total. The van der Waals surface area contributed by atoms with E-state index >= 15 is 0 Å². The SMILES string of the molecule is COc1ccc(C=NC(C)(C)CC(C)(C)C)cc1. The molecule has 0 heterocycles. The molecule has 1 aromatic carbocycles. The summed E-state index contributed by atoms with van der Waals surface area (Å²) in [6, 6.07) is 7.96. The Balaban J connectivity index is 2.72. The van der Waals surface area contributed by atoms with Gasteiger partial charge in [0.15, 0.2) is 0 Å². The number of aliphatic imine (C=N–C) groups is 1. The first kappa shape index (κ1) is 14.7. The van der Waals surface area contributed by atoms with Gasteiger partial charge >= 0.3 is 0 Å². The Hall–Kier alpha value is -1.31. The molecule has 0 radical (unpaired) electrons. The van der Waals surface area contributed by atoms with E-state index in [9.17, 15) is 0 Å². The fourth-order valence-corrected chi connectivity index (χ4v) is 2.28. The molecule has 2 nitrogen and oxygen atoms in total. The maximum atomic E-state index is 5.14. The average molecular weight is 247 g/mol. The van der Waals surface area contributed by atoms with Gasteiger partial charge in [-0.25, -0.2) is 0 Å². The lowest BCUT2D eigenvalue weighted by atomic mass is 9.82. The first-order chi connectivity index (χ1) is 8.22. The van der Waals surface area contributed by atoms with Gasteiger partial charge in [0.2, 0.25) is 0 Å². The Morgan fingerprint density at radius 3 is 2.06 bits per heavy atom. The van der Waals surface area contributed by atoms with Crippen LogP contribution in [-0.4, -0.2) is 18.9 Å². The minimum atomic E-state index is -0.0296. The first-order valence-corrected chi connectivity index (χ1v) is 6.41. The van der Waals surface area contributed by atoms with Crippen molar-refractivity contribution >= 4 is 6.21 Å². The molecule has 0 fully saturated rings. The number of hydrogen-bond acceptors (Lipinski definition) is 2. The summed E-state index contributed by atoms with van der Waals surface area (Å²) in [5, 5.41) is 0. The van der Waals surface area contributed by atoms with Crippen LogP contribution in [0.15, 0.2) is 29.3 Å². The molecule has 0 spiro atoms. The monoisotopic (exact) mass is 247 g/mol. The fraction of sp³-hybridized carbons (Fsp3) is 0.562. The topological polar surface area (TPSA) is 21.6 Å². The van der Waals surface area contributed by atoms with Gasteiger partial charge in [0.1, 0.15) is 5.75 Å². The average Bonchev–Trinajstić information content (AvgIpc) is 2.24. The normalized spacial score (nSPS) is 13.0. The van der Waals surface area contributed by atoms with Crippen LogP contribution in [-0.2, 0) is 0 Å². The molecule has 1 aromatic rings. The van der Waals surface area contributed by atoms with Gasteiger partial charge in [-0.15, -0.1) is 0 Å². The van der Waals surface area contributed by atoms with Crippen LogP contribution >= 0.6 is 0 Å². The second kappa shape index (κ2) is 5.55. The van der Waals surface area contributed by atoms with Crippen molar-refractivity contribution in [1.82, 2.24) is 0 Å². The Morgan fingerprint density at radius 1 is 1.06 bits per heavy atom. The van der Waals surface area contributed by atoms with Gasteiger partial charge in [0.05, 0.1) is 12.6 Å². The number of benzene rings is 1. The summed E-state index contributed by atoms with van der Waals surface area (Å²) in [4.78, 5) is 4.70. The van der Waals surface area contributed by atoms with Crippen LogP contribution in [0.5, 0.6) is 5.75 Å². The van der Waals surface area contributed by atoms with Gasteiger partial charge in [-0.1, -0.05) is 20.8 Å². The second-order valence-electron chi connectivity index (χ2n) is 6.58. The summed E-state index contributed by atoms with van der Waals surface area (Å²) in [7, 11) is 1.68. The quantitative estimate of drug-likeness (QED) is 0.726. The summed E-state index contributed by atoms with van der Waals surface area (Å²) >= 11 is 0. The van der Waals surface area contributed by atoms with Crippen molar-refractivity contribution in [3.63, 3.8) is 0 Å². The van der Waals surface area contributed by atoms with Crippen molar-refractivity contribution in [1.29, 1.82) is 0 Å². The number of nitrogens with zero attached hydrogens (tertiary/aromatic N) is 1. The van der Waals surface area contributed by atoms with Crippen LogP contribution in [0.3, 0.4) is 0 Å². The summed E-state index contributed by atoms with van der Waals surface area (Å²) in [6.07, 6.45) is 3.01. The Kier molecular flexibility index (Phi) is 4.55. The third-order valence-electron chi connectivity index (χ3n) is 2.64. The molecule has 0 unspecified atom stereocenters. The third kappa shape index (κ3) is 5.35. The Bertz CT molecular complexity index is 396. The fourth-order valence-electron chi connectivity index (χ4n) is 2.28. The van der Waals surface area contributed by atoms with E-state index in [4.69, 9.17) is 9.73 Å². The summed E-state index contributed by atoms with van der Waals surface area (Å²) in [5.41, 5.74) is 1.37. The highest BCUT2D eigenvalue weighted by Gasteiger charge is 2.23. The van der Waals surface area contributed by atoms with E-state index in [1.54, 1.807) is 7.11 Å². The summed E-state index contributed by atoms with van der Waals surface area (Å²) in [6.45, 7) is 11.1. The predicted octanol–water partition coefficient (Wildman–Crippen LogP) is 4.33. The van der Waals surface area contributed by atoms with Gasteiger partial charge in [0, 0.05) is 6.21 Å². The number of rotatable bonds is 4. The largest absolute Gasteiger partial charge is 0.497 e. The smallest absolute Gasteiger partial charge is 0.118 e. The maximum absolute atomic E-state index is 5.14. The van der Waals surface area contributed by atoms with Crippen LogP contribution in [0.4, 0.5) is 0 Å². The van der Waals surface area contributed by atoms with Gasteiger partial charge < -0.3 is 4.74 Å². The third-order valence-corrected chi connectivity index (χ3v) is 2.64. The molecule has 0 atom stereocenters. The standard InChI is InChI=1S/C16H25NO/c1-15(2,3)12-16(4,5)17-11-13-7-9-14(18-6)10-8-13/h7-11H,12H2,1-6H3. The minimum Gasteiger partial charge on any atom is -0.497 e. The molecule has 0 saturated carbocycles. The van der Waals surface area contributed by atoms with Crippen molar-refractivity contribution < 1.29 is 4.74 Å². The van der Waals surface area contributed by atoms with E-state index in [0.717, 1.165) is 17.7 Å². The zero-order chi connectivity index (χ0) is 13.8. The van der Waals surface area contributed by atoms with Gasteiger partial charge in [-0.2, -0.15) is 0 Å². The molecule has 100 valence electrons. The van der Waals surface area contributed by atoms with Crippen LogP contribution in [0.2, 0.25) is 0 Å². The Morgan fingerprint density at radius 2 is 1.61 bits per heavy atom. The maximum Gasteiger partial charge on any atom is 0.118 e. The van der Waals surface area contributed by atoms with E-state index in [-0.39, 0.29) is 5.54 Å². The molecule has 0 aromatic heterocycles. The lowest BCUT2D eigenvalue weighted by Crippen LogP contribution is -2.25. The van der Waals surface area contributed by atoms with Crippen LogP contribution in [0.25, 0.3) is 0 Å². The molecular formula is C16H25NO. The zero-order valence-electron chi connectivity index (χ0n) is 12.4.